The molecule has 2 aromatic heterocycles. The fraction of sp³-hybridized carbons (Fsp3) is 0.0213. The zero-order chi connectivity index (χ0) is 37.2. The van der Waals surface area contributed by atoms with Crippen LogP contribution in [-0.2, 0) is 0 Å². The van der Waals surface area contributed by atoms with Gasteiger partial charge in [0.1, 0.15) is 46.0 Å². The number of aromatic nitrogens is 4. The number of benzene rings is 6. The van der Waals surface area contributed by atoms with Gasteiger partial charge in [0, 0.05) is 35.7 Å². The Labute approximate surface area is 328 Å². The third-order valence-electron chi connectivity index (χ3n) is 11.9. The SMILES string of the molecule is C1=C(c2ccc3c(c2)B2c4cc(-n5cccn5)ccc4Oc4cccc(c42)O3)C=C(c2ccc3c(c2)B2c4cc(-n5cccn5)ccc4Oc4cccc(c42)O3)C1. The molecule has 0 atom stereocenters. The predicted octanol–water partition coefficient (Wildman–Crippen LogP) is 6.38. The van der Waals surface area contributed by atoms with E-state index in [-0.39, 0.29) is 13.4 Å². The molecule has 0 N–H and O–H groups in total. The molecular weight excluding hydrogens is 706 g/mol. The molecule has 6 heterocycles. The Balaban J connectivity index is 0.885. The van der Waals surface area contributed by atoms with Crippen LogP contribution in [-0.4, -0.2) is 33.0 Å². The van der Waals surface area contributed by atoms with E-state index in [9.17, 15) is 0 Å². The Morgan fingerprint density at radius 2 is 0.912 bits per heavy atom. The molecule has 13 rings (SSSR count). The molecule has 0 bridgehead atoms. The second kappa shape index (κ2) is 11.5. The van der Waals surface area contributed by atoms with Gasteiger partial charge in [0.25, 0.3) is 13.4 Å². The van der Waals surface area contributed by atoms with Crippen LogP contribution in [0.2, 0.25) is 0 Å². The van der Waals surface area contributed by atoms with Gasteiger partial charge in [0.2, 0.25) is 0 Å². The van der Waals surface area contributed by atoms with Gasteiger partial charge in [-0.3, -0.25) is 0 Å². The van der Waals surface area contributed by atoms with Crippen LogP contribution in [0, 0.1) is 0 Å². The molecule has 0 spiro atoms. The largest absolute Gasteiger partial charge is 0.458 e. The molecule has 6 aromatic carbocycles. The quantitative estimate of drug-likeness (QED) is 0.196. The number of rotatable bonds is 4. The molecule has 0 radical (unpaired) electrons. The van der Waals surface area contributed by atoms with Gasteiger partial charge in [-0.2, -0.15) is 10.2 Å². The summed E-state index contributed by atoms with van der Waals surface area (Å²) in [4.78, 5) is 0. The standard InChI is InChI=1S/C47H28B2N4O4/c1-5-42-46-44(7-1)56-40-17-13-32(52-21-3-19-50-52)26-36(40)48(46)34-24-30(11-15-38(34)54-42)28-9-10-29(23-28)31-12-16-39-35(25-31)49-37-27-33(53-22-4-20-51-53)14-18-41(37)57-45-8-2-6-43(55-39)47(45)49/h1-9,11-27H,10H2. The highest BCUT2D eigenvalue weighted by atomic mass is 16.5. The molecule has 8 nitrogen and oxygen atoms in total. The van der Waals surface area contributed by atoms with Crippen molar-refractivity contribution >= 4 is 57.3 Å². The van der Waals surface area contributed by atoms with Crippen molar-refractivity contribution in [1.82, 2.24) is 19.6 Å². The summed E-state index contributed by atoms with van der Waals surface area (Å²) in [7, 11) is 0. The molecule has 57 heavy (non-hydrogen) atoms. The second-order valence-electron chi connectivity index (χ2n) is 15.0. The summed E-state index contributed by atoms with van der Waals surface area (Å²) >= 11 is 0. The number of ether oxygens (including phenoxy) is 4. The van der Waals surface area contributed by atoms with Crippen LogP contribution in [0.4, 0.5) is 0 Å². The van der Waals surface area contributed by atoms with Crippen LogP contribution in [0.3, 0.4) is 0 Å². The van der Waals surface area contributed by atoms with Crippen molar-refractivity contribution < 1.29 is 18.9 Å². The van der Waals surface area contributed by atoms with E-state index < -0.39 is 0 Å². The molecule has 0 saturated heterocycles. The van der Waals surface area contributed by atoms with E-state index in [4.69, 9.17) is 18.9 Å². The van der Waals surface area contributed by atoms with E-state index in [1.165, 1.54) is 16.7 Å². The Hall–Kier alpha value is -7.45. The predicted molar refractivity (Wildman–Crippen MR) is 223 cm³/mol. The topological polar surface area (TPSA) is 72.6 Å². The van der Waals surface area contributed by atoms with E-state index in [0.717, 1.165) is 102 Å². The Kier molecular flexibility index (Phi) is 6.24. The highest BCUT2D eigenvalue weighted by Gasteiger charge is 2.42. The summed E-state index contributed by atoms with van der Waals surface area (Å²) in [6.45, 7) is -0.118. The van der Waals surface area contributed by atoms with Gasteiger partial charge in [-0.1, -0.05) is 48.6 Å². The van der Waals surface area contributed by atoms with Gasteiger partial charge >= 0.3 is 0 Å². The summed E-state index contributed by atoms with van der Waals surface area (Å²) in [5, 5.41) is 9.00. The van der Waals surface area contributed by atoms with Gasteiger partial charge in [0.15, 0.2) is 0 Å². The molecule has 0 fully saturated rings. The fourth-order valence-electron chi connectivity index (χ4n) is 9.28. The van der Waals surface area contributed by atoms with Gasteiger partial charge in [-0.25, -0.2) is 9.36 Å². The maximum Gasteiger partial charge on any atom is 0.260 e. The molecule has 4 aliphatic heterocycles. The number of fused-ring (bicyclic) bond motifs is 8. The van der Waals surface area contributed by atoms with E-state index >= 15 is 0 Å². The average Bonchev–Trinajstić information content (AvgIpc) is 4.08. The number of hydrogen-bond acceptors (Lipinski definition) is 6. The van der Waals surface area contributed by atoms with Crippen LogP contribution >= 0.6 is 0 Å². The molecular formula is C47H28B2N4O4. The van der Waals surface area contributed by atoms with Crippen molar-refractivity contribution in [3.05, 3.63) is 169 Å². The minimum absolute atomic E-state index is 0.0572. The summed E-state index contributed by atoms with van der Waals surface area (Å²) in [6, 6.07) is 41.8. The highest BCUT2D eigenvalue weighted by molar-refractivity contribution is 6.99. The molecule has 0 amide bonds. The summed E-state index contributed by atoms with van der Waals surface area (Å²) in [6.07, 6.45) is 13.0. The third-order valence-corrected chi connectivity index (χ3v) is 11.9. The molecule has 1 aliphatic carbocycles. The highest BCUT2D eigenvalue weighted by Crippen LogP contribution is 2.39. The smallest absolute Gasteiger partial charge is 0.260 e. The normalized spacial score (nSPS) is 14.6. The van der Waals surface area contributed by atoms with Crippen LogP contribution in [0.1, 0.15) is 17.5 Å². The maximum absolute atomic E-state index is 6.56. The molecule has 266 valence electrons. The van der Waals surface area contributed by atoms with Crippen molar-refractivity contribution in [2.45, 2.75) is 6.42 Å². The Morgan fingerprint density at radius 3 is 1.40 bits per heavy atom. The van der Waals surface area contributed by atoms with Gasteiger partial charge in [-0.15, -0.1) is 0 Å². The van der Waals surface area contributed by atoms with Gasteiger partial charge in [-0.05, 0) is 135 Å². The first kappa shape index (κ1) is 30.8. The molecule has 0 unspecified atom stereocenters. The zero-order valence-corrected chi connectivity index (χ0v) is 30.3. The van der Waals surface area contributed by atoms with Crippen LogP contribution < -0.4 is 51.7 Å². The third kappa shape index (κ3) is 4.58. The van der Waals surface area contributed by atoms with Crippen LogP contribution in [0.25, 0.3) is 22.5 Å². The molecule has 8 aromatic rings. The Bertz CT molecular complexity index is 3050. The minimum Gasteiger partial charge on any atom is -0.458 e. The number of hydrogen-bond donors (Lipinski definition) is 0. The first-order chi connectivity index (χ1) is 28.2. The van der Waals surface area contributed by atoms with Crippen molar-refractivity contribution in [3.8, 4) is 57.4 Å². The van der Waals surface area contributed by atoms with Crippen molar-refractivity contribution in [3.63, 3.8) is 0 Å². The molecule has 0 saturated carbocycles. The average molecular weight is 734 g/mol. The first-order valence-electron chi connectivity index (χ1n) is 19.1. The van der Waals surface area contributed by atoms with E-state index in [2.05, 4.69) is 95.1 Å². The lowest BCUT2D eigenvalue weighted by Crippen LogP contribution is -2.57. The molecule has 5 aliphatic rings. The lowest BCUT2D eigenvalue weighted by Gasteiger charge is -2.33. The number of allylic oxidation sites excluding steroid dienone is 4. The van der Waals surface area contributed by atoms with E-state index in [1.807, 2.05) is 70.3 Å². The fourth-order valence-corrected chi connectivity index (χ4v) is 9.28. The lowest BCUT2D eigenvalue weighted by atomic mass is 9.34. The number of nitrogens with zero attached hydrogens (tertiary/aromatic N) is 4. The summed E-state index contributed by atoms with van der Waals surface area (Å²) < 4.78 is 29.9. The minimum atomic E-state index is -0.0609. The second-order valence-corrected chi connectivity index (χ2v) is 15.0. The Morgan fingerprint density at radius 1 is 0.456 bits per heavy atom. The monoisotopic (exact) mass is 734 g/mol. The van der Waals surface area contributed by atoms with Crippen LogP contribution in [0.5, 0.6) is 46.0 Å². The molecule has 10 heteroatoms. The maximum atomic E-state index is 6.56. The zero-order valence-electron chi connectivity index (χ0n) is 30.3. The van der Waals surface area contributed by atoms with Crippen molar-refractivity contribution in [2.24, 2.45) is 0 Å². The first-order valence-corrected chi connectivity index (χ1v) is 19.1. The van der Waals surface area contributed by atoms with Crippen molar-refractivity contribution in [2.75, 3.05) is 0 Å². The van der Waals surface area contributed by atoms with Crippen molar-refractivity contribution in [1.29, 1.82) is 0 Å². The van der Waals surface area contributed by atoms with Crippen LogP contribution in [0.15, 0.2) is 158 Å². The summed E-state index contributed by atoms with van der Waals surface area (Å²) in [5.74, 6) is 6.71. The van der Waals surface area contributed by atoms with E-state index in [0.29, 0.717) is 0 Å². The van der Waals surface area contributed by atoms with Gasteiger partial charge < -0.3 is 18.9 Å². The van der Waals surface area contributed by atoms with Gasteiger partial charge in [0.05, 0.1) is 11.4 Å². The lowest BCUT2D eigenvalue weighted by molar-refractivity contribution is 0.464. The summed E-state index contributed by atoms with van der Waals surface area (Å²) in [5.41, 5.74) is 13.3. The van der Waals surface area contributed by atoms with E-state index in [1.54, 1.807) is 12.4 Å².